The highest BCUT2D eigenvalue weighted by Crippen LogP contribution is 2.56. The Balaban J connectivity index is 2.37. The molecule has 0 aromatic heterocycles. The molecule has 3 rings (SSSR count). The second-order valence-corrected chi connectivity index (χ2v) is 13.4. The second kappa shape index (κ2) is 10.5. The minimum Gasteiger partial charge on any atom is -0.495 e. The van der Waals surface area contributed by atoms with Crippen molar-refractivity contribution in [3.8, 4) is 11.5 Å². The van der Waals surface area contributed by atoms with Crippen LogP contribution < -0.4 is 14.8 Å². The van der Waals surface area contributed by atoms with Crippen molar-refractivity contribution < 1.29 is 23.6 Å². The average Bonchev–Trinajstić information content (AvgIpc) is 2.82. The van der Waals surface area contributed by atoms with Gasteiger partial charge in [0.15, 0.2) is 5.75 Å². The number of halogens is 2. The summed E-state index contributed by atoms with van der Waals surface area (Å²) in [6.07, 6.45) is 0. The van der Waals surface area contributed by atoms with E-state index in [0.717, 1.165) is 5.56 Å². The number of methoxy groups -OCH3 is 2. The molecule has 0 aliphatic carbocycles. The predicted molar refractivity (Wildman–Crippen MR) is 149 cm³/mol. The van der Waals surface area contributed by atoms with Crippen molar-refractivity contribution in [1.82, 2.24) is 0 Å². The SMILES string of the molecule is COc1c(Cl)cc(Br)c(OC)c1C(=O)P(=O)(C(=O)c1c(C)cc(C(C)(C)C)cc1C)c1ccccc1. The molecule has 1 unspecified atom stereocenters. The van der Waals surface area contributed by atoms with E-state index in [0.29, 0.717) is 15.6 Å². The fourth-order valence-corrected chi connectivity index (χ4v) is 7.62. The van der Waals surface area contributed by atoms with Gasteiger partial charge in [0.25, 0.3) is 0 Å². The molecule has 5 nitrogen and oxygen atoms in total. The Labute approximate surface area is 225 Å². The zero-order valence-corrected chi connectivity index (χ0v) is 24.6. The van der Waals surface area contributed by atoms with Crippen LogP contribution >= 0.6 is 34.7 Å². The van der Waals surface area contributed by atoms with E-state index in [-0.39, 0.29) is 38.4 Å². The van der Waals surface area contributed by atoms with Crippen molar-refractivity contribution in [2.75, 3.05) is 14.2 Å². The van der Waals surface area contributed by atoms with E-state index >= 15 is 0 Å². The van der Waals surface area contributed by atoms with Crippen LogP contribution in [-0.2, 0) is 9.98 Å². The Morgan fingerprint density at radius 3 is 1.83 bits per heavy atom. The van der Waals surface area contributed by atoms with Crippen molar-refractivity contribution in [2.24, 2.45) is 0 Å². The lowest BCUT2D eigenvalue weighted by molar-refractivity contribution is 0.103. The van der Waals surface area contributed by atoms with Crippen molar-refractivity contribution >= 4 is 51.0 Å². The molecule has 1 atom stereocenters. The molecular formula is C28H29BrClO5P. The number of ether oxygens (including phenoxy) is 2. The molecule has 0 saturated heterocycles. The molecule has 0 N–H and O–H groups in total. The van der Waals surface area contributed by atoms with E-state index in [9.17, 15) is 14.2 Å². The largest absolute Gasteiger partial charge is 0.495 e. The van der Waals surface area contributed by atoms with Gasteiger partial charge >= 0.3 is 0 Å². The lowest BCUT2D eigenvalue weighted by atomic mass is 9.84. The van der Waals surface area contributed by atoms with Crippen molar-refractivity contribution in [2.45, 2.75) is 40.0 Å². The molecule has 3 aromatic carbocycles. The summed E-state index contributed by atoms with van der Waals surface area (Å²) >= 11 is 9.73. The van der Waals surface area contributed by atoms with Crippen LogP contribution in [0.4, 0.5) is 0 Å². The van der Waals surface area contributed by atoms with Crippen LogP contribution in [0.3, 0.4) is 0 Å². The standard InChI is InChI=1S/C28H29BrClO5P/c1-16-13-18(28(3,4)5)14-17(2)22(16)26(31)36(33,19-11-9-8-10-12-19)27(32)23-24(34-6)20(29)15-21(30)25(23)35-7/h8-15H,1-7H3. The first-order valence-electron chi connectivity index (χ1n) is 11.3. The summed E-state index contributed by atoms with van der Waals surface area (Å²) in [5.41, 5.74) is 0.661. The first kappa shape index (κ1) is 28.2. The molecule has 0 heterocycles. The fraction of sp³-hybridized carbons (Fsp3) is 0.286. The fourth-order valence-electron chi connectivity index (χ4n) is 4.19. The Morgan fingerprint density at radius 2 is 1.36 bits per heavy atom. The third-order valence-corrected chi connectivity index (χ3v) is 9.55. The van der Waals surface area contributed by atoms with E-state index in [4.69, 9.17) is 21.1 Å². The van der Waals surface area contributed by atoms with Gasteiger partial charge in [0.2, 0.25) is 18.2 Å². The maximum atomic E-state index is 14.9. The zero-order valence-electron chi connectivity index (χ0n) is 21.4. The third-order valence-electron chi connectivity index (χ3n) is 6.07. The van der Waals surface area contributed by atoms with Crippen LogP contribution in [0.15, 0.2) is 53.0 Å². The van der Waals surface area contributed by atoms with Crippen molar-refractivity contribution in [3.63, 3.8) is 0 Å². The monoisotopic (exact) mass is 590 g/mol. The average molecular weight is 592 g/mol. The lowest BCUT2D eigenvalue weighted by Gasteiger charge is -2.24. The molecule has 8 heteroatoms. The molecular weight excluding hydrogens is 563 g/mol. The summed E-state index contributed by atoms with van der Waals surface area (Å²) in [6, 6.07) is 13.4. The number of carbonyl (C=O) groups is 2. The van der Waals surface area contributed by atoms with Crippen LogP contribution in [0.1, 0.15) is 58.2 Å². The minimum atomic E-state index is -4.44. The molecule has 0 saturated carbocycles. The van der Waals surface area contributed by atoms with Gasteiger partial charge in [-0.05, 0) is 57.9 Å². The second-order valence-electron chi connectivity index (χ2n) is 9.57. The molecule has 0 fully saturated rings. The smallest absolute Gasteiger partial charge is 0.249 e. The van der Waals surface area contributed by atoms with E-state index in [1.54, 1.807) is 32.0 Å². The van der Waals surface area contributed by atoms with Gasteiger partial charge in [-0.1, -0.05) is 74.8 Å². The first-order chi connectivity index (χ1) is 16.8. The molecule has 0 bridgehead atoms. The van der Waals surface area contributed by atoms with E-state index in [1.807, 2.05) is 12.1 Å². The highest BCUT2D eigenvalue weighted by Gasteiger charge is 2.46. The Kier molecular flexibility index (Phi) is 8.24. The molecule has 36 heavy (non-hydrogen) atoms. The van der Waals surface area contributed by atoms with Gasteiger partial charge in [0, 0.05) is 10.9 Å². The van der Waals surface area contributed by atoms with Gasteiger partial charge in [0.1, 0.15) is 11.3 Å². The predicted octanol–water partition coefficient (Wildman–Crippen LogP) is 7.70. The highest BCUT2D eigenvalue weighted by atomic mass is 79.9. The molecule has 0 aliphatic rings. The van der Waals surface area contributed by atoms with Crippen molar-refractivity contribution in [3.05, 3.63) is 85.8 Å². The van der Waals surface area contributed by atoms with Crippen LogP contribution in [-0.4, -0.2) is 25.3 Å². The third kappa shape index (κ3) is 4.91. The molecule has 0 aliphatic heterocycles. The number of carbonyl (C=O) groups excluding carboxylic acids is 2. The summed E-state index contributed by atoms with van der Waals surface area (Å²) in [5, 5.41) is 0.237. The van der Waals surface area contributed by atoms with Gasteiger partial charge < -0.3 is 14.0 Å². The summed E-state index contributed by atoms with van der Waals surface area (Å²) in [7, 11) is -1.72. The quantitative estimate of drug-likeness (QED) is 0.263. The number of hydrogen-bond donors (Lipinski definition) is 0. The summed E-state index contributed by atoms with van der Waals surface area (Å²) in [5.74, 6) is 0.0731. The lowest BCUT2D eigenvalue weighted by Crippen LogP contribution is -2.23. The van der Waals surface area contributed by atoms with Gasteiger partial charge in [-0.15, -0.1) is 0 Å². The van der Waals surface area contributed by atoms with E-state index < -0.39 is 18.2 Å². The van der Waals surface area contributed by atoms with Gasteiger partial charge in [-0.2, -0.15) is 0 Å². The number of benzene rings is 3. The Hall–Kier alpha value is -2.40. The summed E-state index contributed by atoms with van der Waals surface area (Å²) in [6.45, 7) is 9.84. The number of hydrogen-bond acceptors (Lipinski definition) is 5. The molecule has 3 aromatic rings. The maximum Gasteiger partial charge on any atom is 0.249 e. The van der Waals surface area contributed by atoms with Gasteiger partial charge in [-0.25, -0.2) is 0 Å². The minimum absolute atomic E-state index is 0.0119. The van der Waals surface area contributed by atoms with Gasteiger partial charge in [-0.3, -0.25) is 9.59 Å². The van der Waals surface area contributed by atoms with Crippen LogP contribution in [0.2, 0.25) is 5.02 Å². The molecule has 0 radical (unpaired) electrons. The highest BCUT2D eigenvalue weighted by molar-refractivity contribution is 9.10. The van der Waals surface area contributed by atoms with Crippen molar-refractivity contribution in [1.29, 1.82) is 0 Å². The first-order valence-corrected chi connectivity index (χ1v) is 14.1. The summed E-state index contributed by atoms with van der Waals surface area (Å²) in [4.78, 5) is 28.5. The molecule has 0 spiro atoms. The summed E-state index contributed by atoms with van der Waals surface area (Å²) < 4.78 is 26.2. The molecule has 0 amide bonds. The Bertz CT molecular complexity index is 1340. The molecule has 190 valence electrons. The van der Waals surface area contributed by atoms with E-state index in [2.05, 4.69) is 36.7 Å². The number of aryl methyl sites for hydroxylation is 2. The maximum absolute atomic E-state index is 14.9. The normalized spacial score (nSPS) is 13.1. The number of rotatable bonds is 7. The topological polar surface area (TPSA) is 69.7 Å². The van der Waals surface area contributed by atoms with Crippen LogP contribution in [0.25, 0.3) is 0 Å². The van der Waals surface area contributed by atoms with Crippen LogP contribution in [0.5, 0.6) is 11.5 Å². The van der Waals surface area contributed by atoms with Gasteiger partial charge in [0.05, 0.1) is 23.7 Å². The zero-order chi connectivity index (χ0) is 27.0. The Morgan fingerprint density at radius 1 is 0.861 bits per heavy atom. The van der Waals surface area contributed by atoms with Crippen LogP contribution in [0, 0.1) is 13.8 Å². The van der Waals surface area contributed by atoms with E-state index in [1.165, 1.54) is 32.4 Å².